The van der Waals surface area contributed by atoms with Crippen molar-refractivity contribution in [1.82, 2.24) is 0 Å². The minimum absolute atomic E-state index is 0.350. The number of carbonyl (C=O) groups excluding carboxylic acids is 1. The van der Waals surface area contributed by atoms with E-state index in [2.05, 4.69) is 4.74 Å². The molecule has 0 rings (SSSR count). The predicted molar refractivity (Wildman–Crippen MR) is 40.8 cm³/mol. The van der Waals surface area contributed by atoms with Crippen LogP contribution in [0.3, 0.4) is 0 Å². The van der Waals surface area contributed by atoms with Crippen LogP contribution in [0.5, 0.6) is 0 Å². The molecule has 0 aromatic heterocycles. The third-order valence-corrected chi connectivity index (χ3v) is 0.848. The molecule has 0 saturated carbocycles. The van der Waals surface area contributed by atoms with Gasteiger partial charge in [0.05, 0.1) is 6.61 Å². The highest BCUT2D eigenvalue weighted by atomic mass is 35.5. The molecule has 2 nitrogen and oxygen atoms in total. The van der Waals surface area contributed by atoms with Crippen LogP contribution in [0.2, 0.25) is 0 Å². The van der Waals surface area contributed by atoms with E-state index >= 15 is 0 Å². The first-order valence-electron chi connectivity index (χ1n) is 2.91. The van der Waals surface area contributed by atoms with Crippen molar-refractivity contribution in [3.63, 3.8) is 0 Å². The van der Waals surface area contributed by atoms with Crippen LogP contribution in [-0.4, -0.2) is 12.6 Å². The van der Waals surface area contributed by atoms with Crippen molar-refractivity contribution in [3.05, 3.63) is 23.8 Å². The van der Waals surface area contributed by atoms with E-state index in [1.54, 1.807) is 13.0 Å². The van der Waals surface area contributed by atoms with Crippen molar-refractivity contribution in [2.45, 2.75) is 6.92 Å². The lowest BCUT2D eigenvalue weighted by Crippen LogP contribution is -1.98. The van der Waals surface area contributed by atoms with E-state index in [0.29, 0.717) is 6.61 Å². The summed E-state index contributed by atoms with van der Waals surface area (Å²) in [5.74, 6) is -0.350. The molecule has 0 atom stereocenters. The summed E-state index contributed by atoms with van der Waals surface area (Å²) in [6.07, 6.45) is 4.37. The fraction of sp³-hybridized carbons (Fsp3) is 0.286. The van der Waals surface area contributed by atoms with Gasteiger partial charge < -0.3 is 4.74 Å². The van der Waals surface area contributed by atoms with Gasteiger partial charge in [-0.15, -0.1) is 0 Å². The quantitative estimate of drug-likeness (QED) is 0.358. The molecule has 0 aromatic carbocycles. The second-order valence-electron chi connectivity index (χ2n) is 1.43. The van der Waals surface area contributed by atoms with Gasteiger partial charge in [-0.05, 0) is 6.92 Å². The summed E-state index contributed by atoms with van der Waals surface area (Å²) in [6, 6.07) is 0. The van der Waals surface area contributed by atoms with Crippen LogP contribution in [0.4, 0.5) is 0 Å². The number of halogens is 1. The van der Waals surface area contributed by atoms with Crippen LogP contribution < -0.4 is 0 Å². The van der Waals surface area contributed by atoms with E-state index in [1.165, 1.54) is 17.7 Å². The predicted octanol–water partition coefficient (Wildman–Crippen LogP) is 1.86. The topological polar surface area (TPSA) is 26.3 Å². The third kappa shape index (κ3) is 5.38. The molecule has 56 valence electrons. The van der Waals surface area contributed by atoms with E-state index in [4.69, 9.17) is 11.6 Å². The third-order valence-electron chi connectivity index (χ3n) is 0.703. The van der Waals surface area contributed by atoms with Crippen molar-refractivity contribution in [2.75, 3.05) is 6.61 Å². The number of carbonyl (C=O) groups is 1. The number of allylic oxidation sites excluding steroid dienone is 2. The van der Waals surface area contributed by atoms with E-state index < -0.39 is 0 Å². The van der Waals surface area contributed by atoms with Gasteiger partial charge in [0.15, 0.2) is 0 Å². The summed E-state index contributed by atoms with van der Waals surface area (Å²) in [7, 11) is 0. The lowest BCUT2D eigenvalue weighted by Gasteiger charge is -1.92. The van der Waals surface area contributed by atoms with E-state index in [9.17, 15) is 4.79 Å². The van der Waals surface area contributed by atoms with Gasteiger partial charge in [-0.3, -0.25) is 0 Å². The SMILES string of the molecule is CCOC(=O)C=CC=CCl. The zero-order valence-corrected chi connectivity index (χ0v) is 6.47. The van der Waals surface area contributed by atoms with E-state index in [0.717, 1.165) is 0 Å². The molecule has 0 spiro atoms. The highest BCUT2D eigenvalue weighted by Crippen LogP contribution is 1.84. The average Bonchev–Trinajstić information content (AvgIpc) is 1.89. The minimum Gasteiger partial charge on any atom is -0.463 e. The van der Waals surface area contributed by atoms with Crippen LogP contribution in [0.25, 0.3) is 0 Å². The Morgan fingerprint density at radius 1 is 1.60 bits per heavy atom. The maximum absolute atomic E-state index is 10.5. The van der Waals surface area contributed by atoms with Gasteiger partial charge in [0.1, 0.15) is 0 Å². The zero-order chi connectivity index (χ0) is 7.82. The lowest BCUT2D eigenvalue weighted by molar-refractivity contribution is -0.137. The summed E-state index contributed by atoms with van der Waals surface area (Å²) < 4.78 is 4.59. The van der Waals surface area contributed by atoms with Crippen molar-refractivity contribution < 1.29 is 9.53 Å². The first-order valence-corrected chi connectivity index (χ1v) is 3.35. The smallest absolute Gasteiger partial charge is 0.330 e. The van der Waals surface area contributed by atoms with Crippen LogP contribution in [0.15, 0.2) is 23.8 Å². The molecule has 0 amide bonds. The van der Waals surface area contributed by atoms with Gasteiger partial charge >= 0.3 is 5.97 Å². The highest BCUT2D eigenvalue weighted by Gasteiger charge is 1.89. The molecule has 0 heterocycles. The number of ether oxygens (including phenoxy) is 1. The standard InChI is InChI=1S/C7H9ClO2/c1-2-10-7(9)5-3-4-6-8/h3-6H,2H2,1H3. The summed E-state index contributed by atoms with van der Waals surface area (Å²) in [5.41, 5.74) is 1.32. The molecule has 0 N–H and O–H groups in total. The molecule has 10 heavy (non-hydrogen) atoms. The van der Waals surface area contributed by atoms with Crippen molar-refractivity contribution in [3.8, 4) is 0 Å². The molecule has 0 aliphatic carbocycles. The molecule has 0 aliphatic heterocycles. The Morgan fingerprint density at radius 3 is 2.80 bits per heavy atom. The van der Waals surface area contributed by atoms with Gasteiger partial charge in [-0.2, -0.15) is 0 Å². The summed E-state index contributed by atoms with van der Waals surface area (Å²) in [5, 5.41) is 0. The Labute approximate surface area is 65.1 Å². The molecule has 0 aromatic rings. The molecule has 0 bridgehead atoms. The Bertz CT molecular complexity index is 150. The van der Waals surface area contributed by atoms with E-state index in [-0.39, 0.29) is 5.97 Å². The van der Waals surface area contributed by atoms with Crippen molar-refractivity contribution >= 4 is 17.6 Å². The molecular weight excluding hydrogens is 152 g/mol. The maximum Gasteiger partial charge on any atom is 0.330 e. The molecule has 0 aliphatic rings. The number of esters is 1. The lowest BCUT2D eigenvalue weighted by atomic mass is 10.5. The fourth-order valence-electron chi connectivity index (χ4n) is 0.366. The Kier molecular flexibility index (Phi) is 5.88. The molecule has 0 fully saturated rings. The van der Waals surface area contributed by atoms with Crippen LogP contribution in [-0.2, 0) is 9.53 Å². The molecule has 0 unspecified atom stereocenters. The van der Waals surface area contributed by atoms with Crippen molar-refractivity contribution in [2.24, 2.45) is 0 Å². The van der Waals surface area contributed by atoms with Gasteiger partial charge in [-0.1, -0.05) is 23.8 Å². The van der Waals surface area contributed by atoms with Crippen LogP contribution in [0.1, 0.15) is 6.92 Å². The highest BCUT2D eigenvalue weighted by molar-refractivity contribution is 6.25. The minimum atomic E-state index is -0.350. The first kappa shape index (κ1) is 9.24. The Balaban J connectivity index is 3.56. The molecular formula is C7H9ClO2. The Morgan fingerprint density at radius 2 is 2.30 bits per heavy atom. The van der Waals surface area contributed by atoms with Crippen LogP contribution in [0, 0.1) is 0 Å². The first-order chi connectivity index (χ1) is 4.81. The normalized spacial score (nSPS) is 11.0. The Hall–Kier alpha value is -0.760. The second-order valence-corrected chi connectivity index (χ2v) is 1.68. The average molecular weight is 161 g/mol. The van der Waals surface area contributed by atoms with Crippen molar-refractivity contribution in [1.29, 1.82) is 0 Å². The van der Waals surface area contributed by atoms with Gasteiger partial charge in [0.2, 0.25) is 0 Å². The molecule has 0 saturated heterocycles. The summed E-state index contributed by atoms with van der Waals surface area (Å²) in [4.78, 5) is 10.5. The fourth-order valence-corrected chi connectivity index (χ4v) is 0.450. The van der Waals surface area contributed by atoms with Gasteiger partial charge in [0.25, 0.3) is 0 Å². The number of hydrogen-bond acceptors (Lipinski definition) is 2. The summed E-state index contributed by atoms with van der Waals surface area (Å²) in [6.45, 7) is 2.15. The van der Waals surface area contributed by atoms with E-state index in [1.807, 2.05) is 0 Å². The summed E-state index contributed by atoms with van der Waals surface area (Å²) >= 11 is 5.18. The van der Waals surface area contributed by atoms with Gasteiger partial charge in [-0.25, -0.2) is 4.79 Å². The maximum atomic E-state index is 10.5. The largest absolute Gasteiger partial charge is 0.463 e. The van der Waals surface area contributed by atoms with Crippen LogP contribution >= 0.6 is 11.6 Å². The monoisotopic (exact) mass is 160 g/mol. The zero-order valence-electron chi connectivity index (χ0n) is 5.71. The molecule has 0 radical (unpaired) electrons. The second kappa shape index (κ2) is 6.36. The molecule has 3 heteroatoms. The number of hydrogen-bond donors (Lipinski definition) is 0. The van der Waals surface area contributed by atoms with Gasteiger partial charge in [0, 0.05) is 11.6 Å². The number of rotatable bonds is 3.